The smallest absolute Gasteiger partial charge is 0.0622 e. The summed E-state index contributed by atoms with van der Waals surface area (Å²) in [7, 11) is 1.62. The summed E-state index contributed by atoms with van der Waals surface area (Å²) in [5.41, 5.74) is 6.59. The highest BCUT2D eigenvalue weighted by Gasteiger charge is 2.07. The molecule has 0 spiro atoms. The first-order valence-corrected chi connectivity index (χ1v) is 4.45. The molecule has 0 amide bonds. The van der Waals surface area contributed by atoms with E-state index in [1.165, 1.54) is 0 Å². The van der Waals surface area contributed by atoms with E-state index in [-0.39, 0.29) is 6.04 Å². The van der Waals surface area contributed by atoms with Gasteiger partial charge in [0.1, 0.15) is 0 Å². The average molecular weight is 201 g/mol. The van der Waals surface area contributed by atoms with Gasteiger partial charge in [-0.1, -0.05) is 11.6 Å². The molecule has 3 nitrogen and oxygen atoms in total. The molecular weight excluding hydrogens is 188 g/mol. The average Bonchev–Trinajstić information content (AvgIpc) is 2.09. The molecule has 1 atom stereocenters. The van der Waals surface area contributed by atoms with Gasteiger partial charge >= 0.3 is 0 Å². The molecule has 0 saturated carbocycles. The Hall–Kier alpha value is -0.640. The number of pyridine rings is 1. The summed E-state index contributed by atoms with van der Waals surface area (Å²) in [4.78, 5) is 4.13. The number of halogens is 1. The van der Waals surface area contributed by atoms with Gasteiger partial charge in [0.15, 0.2) is 0 Å². The Labute approximate surface area is 82.9 Å². The Balaban J connectivity index is 2.58. The SMILES string of the molecule is COCC(N)Cc1ncccc1Cl. The van der Waals surface area contributed by atoms with Gasteiger partial charge in [-0.2, -0.15) is 0 Å². The van der Waals surface area contributed by atoms with Crippen molar-refractivity contribution in [3.8, 4) is 0 Å². The Kier molecular flexibility index (Phi) is 4.15. The summed E-state index contributed by atoms with van der Waals surface area (Å²) in [5.74, 6) is 0. The van der Waals surface area contributed by atoms with Crippen molar-refractivity contribution >= 4 is 11.6 Å². The van der Waals surface area contributed by atoms with Crippen molar-refractivity contribution in [2.75, 3.05) is 13.7 Å². The number of nitrogens with zero attached hydrogens (tertiary/aromatic N) is 1. The molecule has 0 fully saturated rings. The Morgan fingerprint density at radius 2 is 2.46 bits per heavy atom. The second-order valence-electron chi connectivity index (χ2n) is 2.85. The highest BCUT2D eigenvalue weighted by Crippen LogP contribution is 2.13. The van der Waals surface area contributed by atoms with Gasteiger partial charge in [0, 0.05) is 25.8 Å². The summed E-state index contributed by atoms with van der Waals surface area (Å²) in [6.45, 7) is 0.521. The molecule has 0 radical (unpaired) electrons. The minimum absolute atomic E-state index is 0.0441. The van der Waals surface area contributed by atoms with E-state index in [0.717, 1.165) is 5.69 Å². The molecule has 0 aliphatic rings. The van der Waals surface area contributed by atoms with Gasteiger partial charge in [-0.05, 0) is 12.1 Å². The number of rotatable bonds is 4. The van der Waals surface area contributed by atoms with Crippen LogP contribution in [0.3, 0.4) is 0 Å². The van der Waals surface area contributed by atoms with Crippen molar-refractivity contribution in [1.82, 2.24) is 4.98 Å². The molecule has 2 N–H and O–H groups in total. The summed E-state index contributed by atoms with van der Waals surface area (Å²) < 4.78 is 4.92. The van der Waals surface area contributed by atoms with Crippen molar-refractivity contribution in [3.63, 3.8) is 0 Å². The molecule has 1 aromatic rings. The second kappa shape index (κ2) is 5.17. The van der Waals surface area contributed by atoms with E-state index in [9.17, 15) is 0 Å². The predicted molar refractivity (Wildman–Crippen MR) is 52.8 cm³/mol. The number of aromatic nitrogens is 1. The maximum Gasteiger partial charge on any atom is 0.0622 e. The van der Waals surface area contributed by atoms with Crippen molar-refractivity contribution in [3.05, 3.63) is 29.0 Å². The highest BCUT2D eigenvalue weighted by molar-refractivity contribution is 6.31. The fourth-order valence-electron chi connectivity index (χ4n) is 1.09. The molecule has 13 heavy (non-hydrogen) atoms. The number of ether oxygens (including phenoxy) is 1. The lowest BCUT2D eigenvalue weighted by Gasteiger charge is -2.10. The zero-order valence-electron chi connectivity index (χ0n) is 7.53. The van der Waals surface area contributed by atoms with Crippen LogP contribution in [0.2, 0.25) is 5.02 Å². The molecule has 1 rings (SSSR count). The third-order valence-corrected chi connectivity index (χ3v) is 2.02. The van der Waals surface area contributed by atoms with Gasteiger partial charge < -0.3 is 10.5 Å². The lowest BCUT2D eigenvalue weighted by Crippen LogP contribution is -2.28. The van der Waals surface area contributed by atoms with Crippen LogP contribution in [-0.2, 0) is 11.2 Å². The molecule has 0 aromatic carbocycles. The van der Waals surface area contributed by atoms with Crippen LogP contribution in [0.25, 0.3) is 0 Å². The lowest BCUT2D eigenvalue weighted by atomic mass is 10.1. The fourth-order valence-corrected chi connectivity index (χ4v) is 1.29. The number of hydrogen-bond donors (Lipinski definition) is 1. The van der Waals surface area contributed by atoms with Crippen LogP contribution in [0.1, 0.15) is 5.69 Å². The standard InChI is InChI=1S/C9H13ClN2O/c1-13-6-7(11)5-9-8(10)3-2-4-12-9/h2-4,7H,5-6,11H2,1H3. The van der Waals surface area contributed by atoms with Crippen molar-refractivity contribution < 1.29 is 4.74 Å². The van der Waals surface area contributed by atoms with Gasteiger partial charge in [-0.25, -0.2) is 0 Å². The first-order chi connectivity index (χ1) is 6.24. The van der Waals surface area contributed by atoms with Crippen molar-refractivity contribution in [2.45, 2.75) is 12.5 Å². The maximum absolute atomic E-state index is 5.91. The molecule has 72 valence electrons. The molecule has 4 heteroatoms. The van der Waals surface area contributed by atoms with Crippen LogP contribution in [-0.4, -0.2) is 24.7 Å². The fraction of sp³-hybridized carbons (Fsp3) is 0.444. The second-order valence-corrected chi connectivity index (χ2v) is 3.26. The first kappa shape index (κ1) is 10.4. The molecule has 0 bridgehead atoms. The third-order valence-electron chi connectivity index (χ3n) is 1.67. The first-order valence-electron chi connectivity index (χ1n) is 4.08. The summed E-state index contributed by atoms with van der Waals surface area (Å²) in [6.07, 6.45) is 2.36. The Bertz CT molecular complexity index is 268. The molecule has 0 aliphatic carbocycles. The summed E-state index contributed by atoms with van der Waals surface area (Å²) in [6, 6.07) is 3.56. The molecule has 1 aromatic heterocycles. The Morgan fingerprint density at radius 1 is 1.69 bits per heavy atom. The monoisotopic (exact) mass is 200 g/mol. The van der Waals surface area contributed by atoms with E-state index in [0.29, 0.717) is 18.1 Å². The van der Waals surface area contributed by atoms with Crippen LogP contribution in [0, 0.1) is 0 Å². The van der Waals surface area contributed by atoms with E-state index in [1.54, 1.807) is 19.4 Å². The van der Waals surface area contributed by atoms with E-state index >= 15 is 0 Å². The van der Waals surface area contributed by atoms with Gasteiger partial charge in [0.05, 0.1) is 17.3 Å². The van der Waals surface area contributed by atoms with E-state index in [4.69, 9.17) is 22.1 Å². The largest absolute Gasteiger partial charge is 0.383 e. The van der Waals surface area contributed by atoms with Gasteiger partial charge in [0.25, 0.3) is 0 Å². The zero-order chi connectivity index (χ0) is 9.68. The van der Waals surface area contributed by atoms with E-state index < -0.39 is 0 Å². The minimum Gasteiger partial charge on any atom is -0.383 e. The molecule has 1 heterocycles. The number of nitrogens with two attached hydrogens (primary N) is 1. The molecule has 1 unspecified atom stereocenters. The van der Waals surface area contributed by atoms with Crippen LogP contribution in [0.5, 0.6) is 0 Å². The zero-order valence-corrected chi connectivity index (χ0v) is 8.29. The minimum atomic E-state index is -0.0441. The van der Waals surface area contributed by atoms with Crippen molar-refractivity contribution in [2.24, 2.45) is 5.73 Å². The maximum atomic E-state index is 5.91. The normalized spacial score (nSPS) is 12.8. The topological polar surface area (TPSA) is 48.1 Å². The van der Waals surface area contributed by atoms with Crippen LogP contribution < -0.4 is 5.73 Å². The van der Waals surface area contributed by atoms with Gasteiger partial charge in [0.2, 0.25) is 0 Å². The summed E-state index contributed by atoms with van der Waals surface area (Å²) >= 11 is 5.91. The molecular formula is C9H13ClN2O. The molecule has 0 saturated heterocycles. The van der Waals surface area contributed by atoms with Crippen molar-refractivity contribution in [1.29, 1.82) is 0 Å². The number of hydrogen-bond acceptors (Lipinski definition) is 3. The van der Waals surface area contributed by atoms with Gasteiger partial charge in [-0.15, -0.1) is 0 Å². The Morgan fingerprint density at radius 3 is 3.08 bits per heavy atom. The van der Waals surface area contributed by atoms with E-state index in [2.05, 4.69) is 4.98 Å². The number of methoxy groups -OCH3 is 1. The lowest BCUT2D eigenvalue weighted by molar-refractivity contribution is 0.179. The van der Waals surface area contributed by atoms with Crippen LogP contribution in [0.4, 0.5) is 0 Å². The highest BCUT2D eigenvalue weighted by atomic mass is 35.5. The van der Waals surface area contributed by atoms with Crippen LogP contribution >= 0.6 is 11.6 Å². The third kappa shape index (κ3) is 3.30. The quantitative estimate of drug-likeness (QED) is 0.796. The molecule has 0 aliphatic heterocycles. The van der Waals surface area contributed by atoms with Gasteiger partial charge in [-0.3, -0.25) is 4.98 Å². The predicted octanol–water partition coefficient (Wildman–Crippen LogP) is 1.25. The van der Waals surface area contributed by atoms with Crippen LogP contribution in [0.15, 0.2) is 18.3 Å². The van der Waals surface area contributed by atoms with E-state index in [1.807, 2.05) is 6.07 Å². The summed E-state index contributed by atoms with van der Waals surface area (Å²) in [5, 5.41) is 0.661.